The van der Waals surface area contributed by atoms with Crippen LogP contribution in [-0.2, 0) is 10.0 Å². The number of ether oxygens (including phenoxy) is 1. The molecule has 0 atom stereocenters. The van der Waals surface area contributed by atoms with Crippen LogP contribution in [0.4, 0.5) is 13.2 Å². The van der Waals surface area contributed by atoms with Gasteiger partial charge in [0.2, 0.25) is 10.0 Å². The Bertz CT molecular complexity index is 875. The van der Waals surface area contributed by atoms with Gasteiger partial charge >= 0.3 is 0 Å². The Labute approximate surface area is 139 Å². The highest BCUT2D eigenvalue weighted by Gasteiger charge is 2.20. The van der Waals surface area contributed by atoms with Gasteiger partial charge in [0, 0.05) is 11.0 Å². The number of benzene rings is 2. The van der Waals surface area contributed by atoms with E-state index in [4.69, 9.17) is 21.5 Å². The van der Waals surface area contributed by atoms with Crippen LogP contribution in [0.2, 0.25) is 5.02 Å². The van der Waals surface area contributed by atoms with E-state index in [9.17, 15) is 21.6 Å². The normalized spacial score (nSPS) is 11.6. The maximum Gasteiger partial charge on any atom is 0.239 e. The summed E-state index contributed by atoms with van der Waals surface area (Å²) < 4.78 is 68.2. The van der Waals surface area contributed by atoms with Gasteiger partial charge < -0.3 is 4.74 Å². The third-order valence-corrected chi connectivity index (χ3v) is 5.19. The molecule has 10 heteroatoms. The molecule has 23 heavy (non-hydrogen) atoms. The monoisotopic (exact) mass is 383 g/mol. The van der Waals surface area contributed by atoms with Gasteiger partial charge in [0.15, 0.2) is 11.6 Å². The molecule has 0 amide bonds. The van der Waals surface area contributed by atoms with Gasteiger partial charge in [-0.25, -0.2) is 26.7 Å². The third-order valence-electron chi connectivity index (χ3n) is 2.72. The first kappa shape index (κ1) is 17.9. The molecule has 0 heterocycles. The Hall–Kier alpha value is -1.42. The fourth-order valence-electron chi connectivity index (χ4n) is 1.68. The van der Waals surface area contributed by atoms with E-state index in [0.29, 0.717) is 17.8 Å². The molecule has 0 aromatic heterocycles. The van der Waals surface area contributed by atoms with Gasteiger partial charge in [-0.3, -0.25) is 0 Å². The van der Waals surface area contributed by atoms with Gasteiger partial charge in [0.1, 0.15) is 11.6 Å². The van der Waals surface area contributed by atoms with Gasteiger partial charge in [-0.15, -0.1) is 0 Å². The number of hydrogen-bond donors (Lipinski definition) is 1. The summed E-state index contributed by atoms with van der Waals surface area (Å²) in [5.41, 5.74) is 0. The SMILES string of the molecule is COc1cc(F)c(F)cc1Sc1cc(Cl)c(F)cc1S(N)(=O)=O. The number of methoxy groups -OCH3 is 1. The van der Waals surface area contributed by atoms with Crippen molar-refractivity contribution in [2.75, 3.05) is 7.11 Å². The van der Waals surface area contributed by atoms with E-state index in [1.165, 1.54) is 7.11 Å². The quantitative estimate of drug-likeness (QED) is 0.876. The molecular weight excluding hydrogens is 375 g/mol. The number of halogens is 4. The summed E-state index contributed by atoms with van der Waals surface area (Å²) in [4.78, 5) is -0.515. The third kappa shape index (κ3) is 3.92. The summed E-state index contributed by atoms with van der Waals surface area (Å²) in [6.07, 6.45) is 0. The lowest BCUT2D eigenvalue weighted by atomic mass is 10.3. The highest BCUT2D eigenvalue weighted by molar-refractivity contribution is 8.00. The highest BCUT2D eigenvalue weighted by Crippen LogP contribution is 2.40. The van der Waals surface area contributed by atoms with E-state index < -0.39 is 32.4 Å². The van der Waals surface area contributed by atoms with E-state index >= 15 is 0 Å². The maximum absolute atomic E-state index is 13.5. The number of sulfonamides is 1. The van der Waals surface area contributed by atoms with Crippen molar-refractivity contribution in [1.29, 1.82) is 0 Å². The fraction of sp³-hybridized carbons (Fsp3) is 0.0769. The predicted molar refractivity (Wildman–Crippen MR) is 79.8 cm³/mol. The van der Waals surface area contributed by atoms with E-state index in [1.54, 1.807) is 0 Å². The van der Waals surface area contributed by atoms with E-state index in [1.807, 2.05) is 0 Å². The van der Waals surface area contributed by atoms with Crippen LogP contribution in [0.3, 0.4) is 0 Å². The van der Waals surface area contributed by atoms with Crippen LogP contribution in [0.15, 0.2) is 39.0 Å². The first-order valence-electron chi connectivity index (χ1n) is 5.86. The first-order valence-corrected chi connectivity index (χ1v) is 8.60. The zero-order valence-corrected chi connectivity index (χ0v) is 13.8. The molecule has 124 valence electrons. The van der Waals surface area contributed by atoms with Crippen LogP contribution in [0.25, 0.3) is 0 Å². The van der Waals surface area contributed by atoms with Gasteiger partial charge in [0.05, 0.1) is 21.9 Å². The van der Waals surface area contributed by atoms with E-state index in [2.05, 4.69) is 0 Å². The first-order chi connectivity index (χ1) is 10.6. The molecule has 0 saturated heterocycles. The van der Waals surface area contributed by atoms with Crippen LogP contribution >= 0.6 is 23.4 Å². The van der Waals surface area contributed by atoms with Crippen LogP contribution in [-0.4, -0.2) is 15.5 Å². The number of primary sulfonamides is 1. The summed E-state index contributed by atoms with van der Waals surface area (Å²) in [5.74, 6) is -3.29. The minimum Gasteiger partial charge on any atom is -0.495 e. The smallest absolute Gasteiger partial charge is 0.239 e. The molecule has 2 aromatic rings. The molecule has 0 saturated carbocycles. The maximum atomic E-state index is 13.5. The molecule has 0 unspecified atom stereocenters. The van der Waals surface area contributed by atoms with Crippen LogP contribution < -0.4 is 9.88 Å². The molecule has 0 fully saturated rings. The second-order valence-corrected chi connectivity index (χ2v) is 7.30. The molecule has 0 aliphatic rings. The number of rotatable bonds is 4. The van der Waals surface area contributed by atoms with E-state index in [0.717, 1.165) is 18.2 Å². The number of nitrogens with two attached hydrogens (primary N) is 1. The molecule has 2 rings (SSSR count). The standard InChI is InChI=1S/C13H9ClF3NO3S2/c1-21-10-3-8(16)9(17)4-11(10)22-12-2-6(14)7(15)5-13(12)23(18,19)20/h2-5H,1H3,(H2,18,19,20). The van der Waals surface area contributed by atoms with Crippen molar-refractivity contribution in [2.45, 2.75) is 14.7 Å². The summed E-state index contributed by atoms with van der Waals surface area (Å²) in [5, 5.41) is 4.69. The summed E-state index contributed by atoms with van der Waals surface area (Å²) in [6, 6.07) is 3.32. The summed E-state index contributed by atoms with van der Waals surface area (Å²) >= 11 is 6.34. The average Bonchev–Trinajstić information content (AvgIpc) is 2.45. The van der Waals surface area contributed by atoms with Crippen molar-refractivity contribution in [2.24, 2.45) is 5.14 Å². The summed E-state index contributed by atoms with van der Waals surface area (Å²) in [7, 11) is -3.03. The fourth-order valence-corrected chi connectivity index (χ4v) is 3.97. The second-order valence-electron chi connectivity index (χ2n) is 4.28. The number of hydrogen-bond acceptors (Lipinski definition) is 4. The van der Waals surface area contributed by atoms with Crippen molar-refractivity contribution in [3.05, 3.63) is 46.7 Å². The van der Waals surface area contributed by atoms with Crippen molar-refractivity contribution in [1.82, 2.24) is 0 Å². The Morgan fingerprint density at radius 2 is 1.65 bits per heavy atom. The minimum atomic E-state index is -4.26. The Morgan fingerprint density at radius 3 is 2.22 bits per heavy atom. The zero-order valence-electron chi connectivity index (χ0n) is 11.4. The lowest BCUT2D eigenvalue weighted by molar-refractivity contribution is 0.395. The highest BCUT2D eigenvalue weighted by atomic mass is 35.5. The topological polar surface area (TPSA) is 69.4 Å². The van der Waals surface area contributed by atoms with Crippen LogP contribution in [0.1, 0.15) is 0 Å². The van der Waals surface area contributed by atoms with Crippen molar-refractivity contribution in [3.63, 3.8) is 0 Å². The van der Waals surface area contributed by atoms with Crippen LogP contribution in [0, 0.1) is 17.5 Å². The molecule has 0 aliphatic carbocycles. The van der Waals surface area contributed by atoms with Gasteiger partial charge in [-0.2, -0.15) is 0 Å². The minimum absolute atomic E-state index is 0.0327. The Kier molecular flexibility index (Phi) is 5.14. The predicted octanol–water partition coefficient (Wildman–Crippen LogP) is 3.56. The van der Waals surface area contributed by atoms with Crippen LogP contribution in [0.5, 0.6) is 5.75 Å². The second kappa shape index (κ2) is 6.60. The van der Waals surface area contributed by atoms with E-state index in [-0.39, 0.29) is 20.6 Å². The molecule has 0 bridgehead atoms. The molecule has 0 spiro atoms. The molecule has 4 nitrogen and oxygen atoms in total. The molecule has 0 radical (unpaired) electrons. The lowest BCUT2D eigenvalue weighted by Crippen LogP contribution is -2.13. The zero-order chi connectivity index (χ0) is 17.4. The Morgan fingerprint density at radius 1 is 1.04 bits per heavy atom. The molecule has 2 aromatic carbocycles. The Balaban J connectivity index is 2.61. The average molecular weight is 384 g/mol. The van der Waals surface area contributed by atoms with Gasteiger partial charge in [-0.1, -0.05) is 23.4 Å². The van der Waals surface area contributed by atoms with Gasteiger partial charge in [0.25, 0.3) is 0 Å². The molecular formula is C13H9ClF3NO3S2. The molecule has 0 aliphatic heterocycles. The van der Waals surface area contributed by atoms with Crippen molar-refractivity contribution < 1.29 is 26.3 Å². The van der Waals surface area contributed by atoms with Crippen molar-refractivity contribution >= 4 is 33.4 Å². The lowest BCUT2D eigenvalue weighted by Gasteiger charge is -2.12. The van der Waals surface area contributed by atoms with Crippen molar-refractivity contribution in [3.8, 4) is 5.75 Å². The largest absolute Gasteiger partial charge is 0.495 e. The molecule has 2 N–H and O–H groups in total. The van der Waals surface area contributed by atoms with Gasteiger partial charge in [-0.05, 0) is 18.2 Å². The summed E-state index contributed by atoms with van der Waals surface area (Å²) in [6.45, 7) is 0.